The van der Waals surface area contributed by atoms with Gasteiger partial charge >= 0.3 is 11.9 Å². The number of carbonyl (C=O) groups excluding carboxylic acids is 1. The van der Waals surface area contributed by atoms with E-state index in [4.69, 9.17) is 9.47 Å². The van der Waals surface area contributed by atoms with Gasteiger partial charge in [0.1, 0.15) is 24.8 Å². The van der Waals surface area contributed by atoms with Crippen LogP contribution in [0.25, 0.3) is 11.1 Å². The van der Waals surface area contributed by atoms with Crippen LogP contribution < -0.4 is 4.74 Å². The predicted octanol–water partition coefficient (Wildman–Crippen LogP) is 6.39. The maximum atomic E-state index is 14.8. The third-order valence-corrected chi connectivity index (χ3v) is 6.88. The summed E-state index contributed by atoms with van der Waals surface area (Å²) >= 11 is 0. The van der Waals surface area contributed by atoms with E-state index in [1.807, 2.05) is 78.9 Å². The molecule has 38 heavy (non-hydrogen) atoms. The zero-order valence-electron chi connectivity index (χ0n) is 20.7. The van der Waals surface area contributed by atoms with Crippen LogP contribution in [0.3, 0.4) is 0 Å². The van der Waals surface area contributed by atoms with E-state index >= 15 is 0 Å². The third kappa shape index (κ3) is 5.59. The Bertz CT molecular complexity index is 1400. The van der Waals surface area contributed by atoms with Gasteiger partial charge < -0.3 is 14.6 Å². The fourth-order valence-corrected chi connectivity index (χ4v) is 4.91. The van der Waals surface area contributed by atoms with Crippen molar-refractivity contribution in [3.63, 3.8) is 0 Å². The molecular weight excluding hydrogens is 483 g/mol. The van der Waals surface area contributed by atoms with Gasteiger partial charge in [0.25, 0.3) is 0 Å². The molecule has 4 aromatic carbocycles. The van der Waals surface area contributed by atoms with Gasteiger partial charge in [-0.3, -0.25) is 9.59 Å². The molecule has 1 aliphatic rings. The normalized spacial score (nSPS) is 12.9. The van der Waals surface area contributed by atoms with Crippen molar-refractivity contribution in [2.45, 2.75) is 25.4 Å². The van der Waals surface area contributed by atoms with Crippen molar-refractivity contribution < 1.29 is 28.6 Å². The van der Waals surface area contributed by atoms with Crippen molar-refractivity contribution in [3.05, 3.63) is 125 Å². The molecule has 0 fully saturated rings. The largest absolute Gasteiger partial charge is 0.489 e. The summed E-state index contributed by atoms with van der Waals surface area (Å²) in [5.74, 6) is -3.26. The van der Waals surface area contributed by atoms with Crippen LogP contribution in [-0.4, -0.2) is 23.7 Å². The second-order valence-electron chi connectivity index (χ2n) is 9.38. The number of halogens is 1. The van der Waals surface area contributed by atoms with Gasteiger partial charge in [0.15, 0.2) is 0 Å². The minimum absolute atomic E-state index is 0.112. The molecule has 0 bridgehead atoms. The highest BCUT2D eigenvalue weighted by Crippen LogP contribution is 2.44. The van der Waals surface area contributed by atoms with Gasteiger partial charge in [0, 0.05) is 12.0 Å². The smallest absolute Gasteiger partial charge is 0.307 e. The number of hydrogen-bond acceptors (Lipinski definition) is 4. The Labute approximate surface area is 220 Å². The summed E-state index contributed by atoms with van der Waals surface area (Å²) in [4.78, 5) is 24.6. The average molecular weight is 511 g/mol. The molecule has 4 aromatic rings. The van der Waals surface area contributed by atoms with Crippen LogP contribution in [0.15, 0.2) is 97.1 Å². The number of ether oxygens (including phenoxy) is 2. The predicted molar refractivity (Wildman–Crippen MR) is 141 cm³/mol. The van der Waals surface area contributed by atoms with Crippen LogP contribution >= 0.6 is 0 Å². The molecule has 0 amide bonds. The number of carbonyl (C=O) groups is 2. The average Bonchev–Trinajstić information content (AvgIpc) is 3.25. The molecule has 5 nitrogen and oxygen atoms in total. The zero-order valence-corrected chi connectivity index (χ0v) is 20.7. The number of hydrogen-bond donors (Lipinski definition) is 1. The minimum atomic E-state index is -1.18. The Morgan fingerprint density at radius 1 is 0.842 bits per heavy atom. The van der Waals surface area contributed by atoms with Crippen molar-refractivity contribution in [1.82, 2.24) is 0 Å². The van der Waals surface area contributed by atoms with Crippen molar-refractivity contribution in [2.75, 3.05) is 6.61 Å². The molecule has 6 heteroatoms. The lowest BCUT2D eigenvalue weighted by Gasteiger charge is -2.16. The summed E-state index contributed by atoms with van der Waals surface area (Å²) in [6, 6.07) is 29.8. The molecule has 0 unspecified atom stereocenters. The molecule has 0 saturated heterocycles. The van der Waals surface area contributed by atoms with E-state index < -0.39 is 23.7 Å². The first-order valence-corrected chi connectivity index (χ1v) is 12.5. The zero-order chi connectivity index (χ0) is 26.5. The number of rotatable bonds is 10. The molecule has 0 heterocycles. The van der Waals surface area contributed by atoms with Gasteiger partial charge in [-0.2, -0.15) is 0 Å². The number of carboxylic acid groups (broad SMARTS) is 1. The highest BCUT2D eigenvalue weighted by atomic mass is 19.1. The lowest BCUT2D eigenvalue weighted by molar-refractivity contribution is -0.151. The van der Waals surface area contributed by atoms with Gasteiger partial charge in [-0.1, -0.05) is 84.9 Å². The minimum Gasteiger partial charge on any atom is -0.489 e. The van der Waals surface area contributed by atoms with Crippen LogP contribution in [0.1, 0.15) is 34.6 Å². The van der Waals surface area contributed by atoms with Crippen molar-refractivity contribution in [1.29, 1.82) is 0 Å². The van der Waals surface area contributed by atoms with E-state index in [0.29, 0.717) is 12.4 Å². The standard InChI is InChI=1S/C32H27FO5/c33-30-18-24(37-19-21-8-2-1-3-9-21)15-14-22(30)16-23(32(35)36)17-31(34)38-20-29-27-12-6-4-10-25(27)26-11-5-7-13-28(26)29/h1-15,18,23,29H,16-17,19-20H2,(H,35,36)/t23-/m1/s1. The lowest BCUT2D eigenvalue weighted by atomic mass is 9.95. The number of benzene rings is 4. The summed E-state index contributed by atoms with van der Waals surface area (Å²) in [5.41, 5.74) is 5.53. The van der Waals surface area contributed by atoms with Gasteiger partial charge in [-0.15, -0.1) is 0 Å². The first kappa shape index (κ1) is 25.2. The van der Waals surface area contributed by atoms with Crippen LogP contribution in [0.4, 0.5) is 4.39 Å². The second-order valence-corrected chi connectivity index (χ2v) is 9.38. The molecule has 192 valence electrons. The summed E-state index contributed by atoms with van der Waals surface area (Å²) in [5, 5.41) is 9.72. The summed E-state index contributed by atoms with van der Waals surface area (Å²) < 4.78 is 26.0. The SMILES string of the molecule is O=C(C[C@@H](Cc1ccc(OCc2ccccc2)cc1F)C(=O)O)OCC1c2ccccc2-c2ccccc21. The van der Waals surface area contributed by atoms with E-state index in [1.54, 1.807) is 6.07 Å². The quantitative estimate of drug-likeness (QED) is 0.250. The Morgan fingerprint density at radius 2 is 1.47 bits per heavy atom. The third-order valence-electron chi connectivity index (χ3n) is 6.88. The molecule has 1 N–H and O–H groups in total. The fourth-order valence-electron chi connectivity index (χ4n) is 4.91. The maximum absolute atomic E-state index is 14.8. The van der Waals surface area contributed by atoms with E-state index in [1.165, 1.54) is 12.1 Å². The van der Waals surface area contributed by atoms with Gasteiger partial charge in [0.05, 0.1) is 12.3 Å². The number of fused-ring (bicyclic) bond motifs is 3. The molecule has 0 radical (unpaired) electrons. The topological polar surface area (TPSA) is 72.8 Å². The molecule has 0 aromatic heterocycles. The highest BCUT2D eigenvalue weighted by molar-refractivity contribution is 5.80. The Kier molecular flexibility index (Phi) is 7.50. The summed E-state index contributed by atoms with van der Waals surface area (Å²) in [7, 11) is 0. The van der Waals surface area contributed by atoms with Crippen LogP contribution in [0.2, 0.25) is 0 Å². The molecule has 1 aliphatic carbocycles. The van der Waals surface area contributed by atoms with Crippen molar-refractivity contribution in [2.24, 2.45) is 5.92 Å². The monoisotopic (exact) mass is 510 g/mol. The maximum Gasteiger partial charge on any atom is 0.307 e. The van der Waals surface area contributed by atoms with Crippen LogP contribution in [0.5, 0.6) is 5.75 Å². The Balaban J connectivity index is 1.20. The highest BCUT2D eigenvalue weighted by Gasteiger charge is 2.30. The number of carboxylic acids is 1. The van der Waals surface area contributed by atoms with Crippen molar-refractivity contribution in [3.8, 4) is 16.9 Å². The lowest BCUT2D eigenvalue weighted by Crippen LogP contribution is -2.23. The molecule has 5 rings (SSSR count). The second kappa shape index (κ2) is 11.3. The van der Waals surface area contributed by atoms with E-state index in [2.05, 4.69) is 0 Å². The van der Waals surface area contributed by atoms with Crippen LogP contribution in [-0.2, 0) is 27.4 Å². The summed E-state index contributed by atoms with van der Waals surface area (Å²) in [6.45, 7) is 0.403. The Morgan fingerprint density at radius 3 is 2.11 bits per heavy atom. The van der Waals surface area contributed by atoms with Crippen LogP contribution in [0, 0.1) is 11.7 Å². The molecular formula is C32H27FO5. The molecule has 0 saturated carbocycles. The van der Waals surface area contributed by atoms with E-state index in [-0.39, 0.29) is 30.9 Å². The first-order chi connectivity index (χ1) is 18.5. The number of esters is 1. The fraction of sp³-hybridized carbons (Fsp3) is 0.188. The van der Waals surface area contributed by atoms with E-state index in [0.717, 1.165) is 27.8 Å². The van der Waals surface area contributed by atoms with Gasteiger partial charge in [0.2, 0.25) is 0 Å². The van der Waals surface area contributed by atoms with Crippen molar-refractivity contribution >= 4 is 11.9 Å². The van der Waals surface area contributed by atoms with Gasteiger partial charge in [-0.05, 0) is 45.9 Å². The molecule has 1 atom stereocenters. The van der Waals surface area contributed by atoms with E-state index in [9.17, 15) is 19.1 Å². The molecule has 0 aliphatic heterocycles. The Hall–Kier alpha value is -4.45. The van der Waals surface area contributed by atoms with Gasteiger partial charge in [-0.25, -0.2) is 4.39 Å². The number of aliphatic carboxylic acids is 1. The molecule has 0 spiro atoms. The summed E-state index contributed by atoms with van der Waals surface area (Å²) in [6.07, 6.45) is -0.485. The first-order valence-electron chi connectivity index (χ1n) is 12.5.